The van der Waals surface area contributed by atoms with Gasteiger partial charge in [0.2, 0.25) is 0 Å². The Balaban J connectivity index is 2.52. The van der Waals surface area contributed by atoms with Crippen molar-refractivity contribution in [2.45, 2.75) is 13.8 Å². The van der Waals surface area contributed by atoms with E-state index < -0.39 is 0 Å². The van der Waals surface area contributed by atoms with E-state index in [1.165, 1.54) is 0 Å². The van der Waals surface area contributed by atoms with Crippen molar-refractivity contribution in [3.63, 3.8) is 0 Å². The zero-order valence-electron chi connectivity index (χ0n) is 5.97. The zero-order chi connectivity index (χ0) is 6.85. The van der Waals surface area contributed by atoms with E-state index in [2.05, 4.69) is 29.9 Å². The first-order chi connectivity index (χ1) is 4.20. The summed E-state index contributed by atoms with van der Waals surface area (Å²) in [6.45, 7) is 4.17. The van der Waals surface area contributed by atoms with Crippen molar-refractivity contribution in [2.75, 3.05) is 7.05 Å². The molecule has 4 heteroatoms. The highest BCUT2D eigenvalue weighted by Gasteiger charge is 2.08. The van der Waals surface area contributed by atoms with Crippen molar-refractivity contribution < 1.29 is 5.12 Å². The van der Waals surface area contributed by atoms with Gasteiger partial charge in [0.15, 0.2) is 0 Å². The van der Waals surface area contributed by atoms with E-state index in [1.807, 2.05) is 7.05 Å². The van der Waals surface area contributed by atoms with Crippen molar-refractivity contribution in [3.05, 3.63) is 5.53 Å². The summed E-state index contributed by atoms with van der Waals surface area (Å²) in [6, 6.07) is 0. The number of quaternary nitrogens is 1. The van der Waals surface area contributed by atoms with Crippen LogP contribution in [0.15, 0.2) is 5.10 Å². The van der Waals surface area contributed by atoms with Crippen molar-refractivity contribution in [1.29, 1.82) is 0 Å². The molecule has 1 unspecified atom stereocenters. The lowest BCUT2D eigenvalue weighted by molar-refractivity contribution is -0.845. The third kappa shape index (κ3) is 1.40. The zero-order valence-corrected chi connectivity index (χ0v) is 5.97. The Bertz CT molecular complexity index is 129. The molecular formula is C5H12N4. The van der Waals surface area contributed by atoms with E-state index in [0.717, 1.165) is 11.0 Å². The third-order valence-corrected chi connectivity index (χ3v) is 1.16. The SMILES string of the molecule is CC(C)C1=N[NH+](C)[N-]N1. The van der Waals surface area contributed by atoms with Crippen molar-refractivity contribution in [1.82, 2.24) is 5.43 Å². The molecule has 52 valence electrons. The van der Waals surface area contributed by atoms with Crippen LogP contribution in [0.1, 0.15) is 13.8 Å². The minimum atomic E-state index is 0.450. The van der Waals surface area contributed by atoms with Crippen molar-refractivity contribution >= 4 is 5.84 Å². The van der Waals surface area contributed by atoms with Crippen LogP contribution in [0.3, 0.4) is 0 Å². The maximum Gasteiger partial charge on any atom is 0.146 e. The fourth-order valence-corrected chi connectivity index (χ4v) is 0.621. The molecule has 0 aromatic carbocycles. The molecule has 0 aromatic heterocycles. The van der Waals surface area contributed by atoms with Crippen LogP contribution < -0.4 is 10.5 Å². The van der Waals surface area contributed by atoms with E-state index in [-0.39, 0.29) is 0 Å². The molecule has 0 fully saturated rings. The van der Waals surface area contributed by atoms with Gasteiger partial charge in [-0.15, -0.1) is 0 Å². The van der Waals surface area contributed by atoms with Crippen LogP contribution in [-0.4, -0.2) is 12.9 Å². The van der Waals surface area contributed by atoms with Gasteiger partial charge in [-0.3, -0.25) is 5.12 Å². The van der Waals surface area contributed by atoms with Gasteiger partial charge in [-0.05, 0) is 0 Å². The van der Waals surface area contributed by atoms with Gasteiger partial charge >= 0.3 is 0 Å². The summed E-state index contributed by atoms with van der Waals surface area (Å²) in [4.78, 5) is 0. The van der Waals surface area contributed by atoms with Crippen LogP contribution in [0, 0.1) is 5.92 Å². The second kappa shape index (κ2) is 2.33. The van der Waals surface area contributed by atoms with Crippen LogP contribution in [0.4, 0.5) is 0 Å². The van der Waals surface area contributed by atoms with Crippen LogP contribution >= 0.6 is 0 Å². The fourth-order valence-electron chi connectivity index (χ4n) is 0.621. The van der Waals surface area contributed by atoms with Gasteiger partial charge in [0.1, 0.15) is 5.84 Å². The van der Waals surface area contributed by atoms with E-state index in [1.54, 1.807) is 0 Å². The van der Waals surface area contributed by atoms with E-state index in [0.29, 0.717) is 5.92 Å². The molecule has 0 radical (unpaired) electrons. The maximum absolute atomic E-state index is 4.14. The molecule has 0 saturated heterocycles. The van der Waals surface area contributed by atoms with Gasteiger partial charge in [0.05, 0.1) is 7.05 Å². The van der Waals surface area contributed by atoms with Crippen molar-refractivity contribution in [3.8, 4) is 0 Å². The molecule has 1 heterocycles. The topological polar surface area (TPSA) is 42.9 Å². The second-order valence-electron chi connectivity index (χ2n) is 2.42. The average molecular weight is 128 g/mol. The highest BCUT2D eigenvalue weighted by atomic mass is 15.8. The number of nitrogens with zero attached hydrogens (tertiary/aromatic N) is 2. The summed E-state index contributed by atoms with van der Waals surface area (Å²) in [5, 5.41) is 4.96. The lowest BCUT2D eigenvalue weighted by Gasteiger charge is -2.12. The van der Waals surface area contributed by atoms with Crippen LogP contribution in [-0.2, 0) is 0 Å². The molecule has 1 aliphatic heterocycles. The number of rotatable bonds is 1. The minimum Gasteiger partial charge on any atom is -0.421 e. The normalized spacial score (nSPS) is 26.2. The Hall–Kier alpha value is -0.610. The van der Waals surface area contributed by atoms with Gasteiger partial charge in [-0.1, -0.05) is 18.9 Å². The maximum atomic E-state index is 4.14. The largest absolute Gasteiger partial charge is 0.421 e. The summed E-state index contributed by atoms with van der Waals surface area (Å²) < 4.78 is 0. The lowest BCUT2D eigenvalue weighted by atomic mass is 10.2. The van der Waals surface area contributed by atoms with Crippen molar-refractivity contribution in [2.24, 2.45) is 11.0 Å². The van der Waals surface area contributed by atoms with Crippen LogP contribution in [0.2, 0.25) is 0 Å². The number of amidine groups is 1. The second-order valence-corrected chi connectivity index (χ2v) is 2.42. The smallest absolute Gasteiger partial charge is 0.146 e. The number of hydrogen-bond donors (Lipinski definition) is 2. The molecule has 0 aliphatic carbocycles. The third-order valence-electron chi connectivity index (χ3n) is 1.16. The molecule has 0 bridgehead atoms. The minimum absolute atomic E-state index is 0.450. The Morgan fingerprint density at radius 2 is 2.33 bits per heavy atom. The molecule has 0 aromatic rings. The highest BCUT2D eigenvalue weighted by Crippen LogP contribution is 1.94. The Kier molecular flexibility index (Phi) is 1.68. The molecule has 1 aliphatic rings. The summed E-state index contributed by atoms with van der Waals surface area (Å²) in [5.74, 6) is 1.42. The first-order valence-electron chi connectivity index (χ1n) is 3.09. The van der Waals surface area contributed by atoms with E-state index >= 15 is 0 Å². The first kappa shape index (κ1) is 6.51. The Morgan fingerprint density at radius 1 is 1.67 bits per heavy atom. The molecule has 1 atom stereocenters. The summed E-state index contributed by atoms with van der Waals surface area (Å²) in [7, 11) is 1.88. The quantitative estimate of drug-likeness (QED) is 0.481. The predicted octanol–water partition coefficient (Wildman–Crippen LogP) is -0.722. The van der Waals surface area contributed by atoms with E-state index in [9.17, 15) is 0 Å². The number of hydrogen-bond acceptors (Lipinski definition) is 2. The highest BCUT2D eigenvalue weighted by molar-refractivity contribution is 5.84. The molecule has 2 N–H and O–H groups in total. The van der Waals surface area contributed by atoms with Gasteiger partial charge in [0, 0.05) is 5.92 Å². The monoisotopic (exact) mass is 128 g/mol. The predicted molar refractivity (Wildman–Crippen MR) is 35.7 cm³/mol. The van der Waals surface area contributed by atoms with Crippen LogP contribution in [0.5, 0.6) is 0 Å². The summed E-state index contributed by atoms with van der Waals surface area (Å²) in [6.07, 6.45) is 0. The number of nitrogens with one attached hydrogen (secondary N) is 2. The Morgan fingerprint density at radius 3 is 2.56 bits per heavy atom. The standard InChI is InChI=1S/C5H12N4/c1-4(2)5-6-8-9(3)7-5/h4,9H,1-3H3,(H,6,7). The van der Waals surface area contributed by atoms with Gasteiger partial charge < -0.3 is 11.0 Å². The van der Waals surface area contributed by atoms with Gasteiger partial charge in [-0.2, -0.15) is 0 Å². The summed E-state index contributed by atoms with van der Waals surface area (Å²) in [5.41, 5.74) is 6.75. The molecule has 4 nitrogen and oxygen atoms in total. The lowest BCUT2D eigenvalue weighted by Crippen LogP contribution is -2.98. The van der Waals surface area contributed by atoms with Gasteiger partial charge in [0.25, 0.3) is 0 Å². The van der Waals surface area contributed by atoms with Crippen LogP contribution in [0.25, 0.3) is 5.53 Å². The molecular weight excluding hydrogens is 116 g/mol. The van der Waals surface area contributed by atoms with E-state index in [4.69, 9.17) is 0 Å². The molecule has 9 heavy (non-hydrogen) atoms. The molecule has 0 saturated carbocycles. The Labute approximate surface area is 54.9 Å². The molecule has 0 spiro atoms. The first-order valence-corrected chi connectivity index (χ1v) is 3.09. The molecule has 0 amide bonds. The van der Waals surface area contributed by atoms with Gasteiger partial charge in [-0.25, -0.2) is 0 Å². The fraction of sp³-hybridized carbons (Fsp3) is 0.800. The summed E-state index contributed by atoms with van der Waals surface area (Å²) >= 11 is 0. The molecule has 1 rings (SSSR count). The average Bonchev–Trinajstić information content (AvgIpc) is 2.14.